The Morgan fingerprint density at radius 1 is 1.21 bits per heavy atom. The van der Waals surface area contributed by atoms with E-state index in [0.29, 0.717) is 5.02 Å². The number of rotatable bonds is 3. The Morgan fingerprint density at radius 3 is 2.54 bits per heavy atom. The normalized spacial score (nSPS) is 10.4. The molecule has 0 saturated carbocycles. The highest BCUT2D eigenvalue weighted by molar-refractivity contribution is 8.01. The lowest BCUT2D eigenvalue weighted by Crippen LogP contribution is -1.91. The van der Waals surface area contributed by atoms with Gasteiger partial charge in [-0.15, -0.1) is 11.3 Å². The summed E-state index contributed by atoms with van der Waals surface area (Å²) in [6, 6.07) is 9.07. The van der Waals surface area contributed by atoms with Gasteiger partial charge in [0.05, 0.1) is 20.2 Å². The minimum atomic E-state index is -0.437. The van der Waals surface area contributed by atoms with Crippen molar-refractivity contribution in [3.8, 4) is 0 Å². The molecule has 3 aromatic rings. The van der Waals surface area contributed by atoms with Crippen molar-refractivity contribution in [1.29, 1.82) is 0 Å². The predicted molar refractivity (Wildman–Crippen MR) is 103 cm³/mol. The van der Waals surface area contributed by atoms with Crippen molar-refractivity contribution in [2.45, 2.75) is 36.9 Å². The first-order valence-corrected chi connectivity index (χ1v) is 9.45. The number of nitrogens with zero attached hydrogens (tertiary/aromatic N) is 2. The van der Waals surface area contributed by atoms with Crippen LogP contribution in [0, 0.1) is 24.0 Å². The van der Waals surface area contributed by atoms with Crippen molar-refractivity contribution in [1.82, 2.24) is 4.98 Å². The predicted octanol–water partition coefficient (Wildman–Crippen LogP) is 6.65. The molecule has 0 aliphatic rings. The molecule has 0 fully saturated rings. The number of aryl methyl sites for hydroxylation is 2. The van der Waals surface area contributed by atoms with E-state index in [0.717, 1.165) is 25.0 Å². The van der Waals surface area contributed by atoms with Crippen molar-refractivity contribution in [3.05, 3.63) is 56.6 Å². The van der Waals surface area contributed by atoms with Gasteiger partial charge < -0.3 is 0 Å². The summed E-state index contributed by atoms with van der Waals surface area (Å²) in [5.74, 6) is 0. The lowest BCUT2D eigenvalue weighted by molar-refractivity contribution is -0.384. The van der Waals surface area contributed by atoms with Crippen LogP contribution in [0.5, 0.6) is 0 Å². The average molecular weight is 381 g/mol. The largest absolute Gasteiger partial charge is 0.271 e. The Balaban J connectivity index is 0.00000100. The Labute approximate surface area is 154 Å². The van der Waals surface area contributed by atoms with Crippen LogP contribution in [0.2, 0.25) is 5.02 Å². The summed E-state index contributed by atoms with van der Waals surface area (Å²) in [6.07, 6.45) is 0. The second kappa shape index (κ2) is 7.96. The third-order valence-electron chi connectivity index (χ3n) is 3.14. The number of fused-ring (bicyclic) bond motifs is 1. The van der Waals surface area contributed by atoms with E-state index >= 15 is 0 Å². The van der Waals surface area contributed by atoms with Gasteiger partial charge in [-0.3, -0.25) is 10.1 Å². The van der Waals surface area contributed by atoms with Gasteiger partial charge in [0.2, 0.25) is 0 Å². The zero-order valence-corrected chi connectivity index (χ0v) is 16.2. The molecule has 0 bridgehead atoms. The van der Waals surface area contributed by atoms with E-state index in [1.165, 1.54) is 29.5 Å². The van der Waals surface area contributed by atoms with E-state index in [2.05, 4.69) is 17.1 Å². The van der Waals surface area contributed by atoms with Gasteiger partial charge in [0.25, 0.3) is 5.69 Å². The highest BCUT2D eigenvalue weighted by Gasteiger charge is 2.16. The molecule has 0 N–H and O–H groups in total. The summed E-state index contributed by atoms with van der Waals surface area (Å²) in [5, 5.41) is 11.2. The minimum Gasteiger partial charge on any atom is -0.258 e. The molecule has 0 spiro atoms. The smallest absolute Gasteiger partial charge is 0.258 e. The van der Waals surface area contributed by atoms with Crippen LogP contribution in [-0.4, -0.2) is 9.91 Å². The van der Waals surface area contributed by atoms with Crippen molar-refractivity contribution in [2.75, 3.05) is 0 Å². The monoisotopic (exact) mass is 380 g/mol. The third kappa shape index (κ3) is 4.06. The lowest BCUT2D eigenvalue weighted by atomic mass is 10.2. The summed E-state index contributed by atoms with van der Waals surface area (Å²) in [7, 11) is 0. The zero-order chi connectivity index (χ0) is 17.9. The van der Waals surface area contributed by atoms with Crippen molar-refractivity contribution in [2.24, 2.45) is 0 Å². The minimum absolute atomic E-state index is 0.00627. The van der Waals surface area contributed by atoms with Crippen LogP contribution in [0.15, 0.2) is 39.6 Å². The Hall–Kier alpha value is -1.63. The first-order valence-electron chi connectivity index (χ1n) is 7.43. The number of hydrogen-bond acceptors (Lipinski definition) is 5. The lowest BCUT2D eigenvalue weighted by Gasteiger charge is -2.05. The molecule has 0 aliphatic heterocycles. The molecule has 2 aromatic carbocycles. The van der Waals surface area contributed by atoms with Gasteiger partial charge in [0.15, 0.2) is 4.34 Å². The molecule has 0 amide bonds. The fraction of sp³-hybridized carbons (Fsp3) is 0.235. The number of halogens is 1. The molecule has 24 heavy (non-hydrogen) atoms. The van der Waals surface area contributed by atoms with E-state index in [-0.39, 0.29) is 5.69 Å². The maximum atomic E-state index is 10.9. The summed E-state index contributed by atoms with van der Waals surface area (Å²) >= 11 is 9.24. The molecular formula is C17H17ClN2O2S2. The Bertz CT molecular complexity index is 870. The van der Waals surface area contributed by atoms with Crippen molar-refractivity contribution < 1.29 is 4.92 Å². The van der Waals surface area contributed by atoms with Gasteiger partial charge in [-0.1, -0.05) is 43.3 Å². The van der Waals surface area contributed by atoms with E-state index < -0.39 is 4.92 Å². The number of aromatic nitrogens is 1. The number of nitro benzene ring substituents is 1. The van der Waals surface area contributed by atoms with Crippen LogP contribution in [0.4, 0.5) is 5.69 Å². The maximum absolute atomic E-state index is 10.9. The Kier molecular flexibility index (Phi) is 6.21. The second-order valence-electron chi connectivity index (χ2n) is 4.88. The zero-order valence-electron chi connectivity index (χ0n) is 13.8. The molecule has 0 saturated heterocycles. The quantitative estimate of drug-likeness (QED) is 0.377. The van der Waals surface area contributed by atoms with Crippen LogP contribution < -0.4 is 0 Å². The number of non-ortho nitro benzene ring substituents is 1. The maximum Gasteiger partial charge on any atom is 0.271 e. The molecule has 0 aliphatic carbocycles. The van der Waals surface area contributed by atoms with Gasteiger partial charge in [0.1, 0.15) is 0 Å². The standard InChI is InChI=1S/C15H11ClN2O2S2.C2H6/c1-8-3-4-13-12(5-8)17-15(21-13)22-14-9(2)6-10(18(19)20)7-11(14)16;1-2/h3-7H,1-2H3;1-2H3. The van der Waals surface area contributed by atoms with Gasteiger partial charge in [-0.2, -0.15) is 0 Å². The number of thiazole rings is 1. The summed E-state index contributed by atoms with van der Waals surface area (Å²) in [4.78, 5) is 15.8. The summed E-state index contributed by atoms with van der Waals surface area (Å²) in [5.41, 5.74) is 2.91. The third-order valence-corrected chi connectivity index (χ3v) is 5.89. The second-order valence-corrected chi connectivity index (χ2v) is 7.58. The van der Waals surface area contributed by atoms with Gasteiger partial charge in [0, 0.05) is 17.0 Å². The highest BCUT2D eigenvalue weighted by atomic mass is 35.5. The van der Waals surface area contributed by atoms with Gasteiger partial charge >= 0.3 is 0 Å². The Morgan fingerprint density at radius 2 is 1.92 bits per heavy atom. The van der Waals surface area contributed by atoms with Crippen LogP contribution in [0.25, 0.3) is 10.2 Å². The molecule has 7 heteroatoms. The topological polar surface area (TPSA) is 56.0 Å². The first-order chi connectivity index (χ1) is 11.4. The summed E-state index contributed by atoms with van der Waals surface area (Å²) in [6.45, 7) is 7.85. The molecule has 3 rings (SSSR count). The van der Waals surface area contributed by atoms with Crippen molar-refractivity contribution >= 4 is 50.6 Å². The molecule has 1 heterocycles. The molecule has 0 radical (unpaired) electrons. The molecule has 126 valence electrons. The number of hydrogen-bond donors (Lipinski definition) is 0. The van der Waals surface area contributed by atoms with E-state index in [4.69, 9.17) is 11.6 Å². The summed E-state index contributed by atoms with van der Waals surface area (Å²) < 4.78 is 1.99. The molecular weight excluding hydrogens is 364 g/mol. The van der Waals surface area contributed by atoms with Crippen LogP contribution in [0.3, 0.4) is 0 Å². The van der Waals surface area contributed by atoms with Crippen LogP contribution in [0.1, 0.15) is 25.0 Å². The van der Waals surface area contributed by atoms with Gasteiger partial charge in [-0.25, -0.2) is 4.98 Å². The first kappa shape index (κ1) is 18.7. The molecule has 0 atom stereocenters. The van der Waals surface area contributed by atoms with Crippen molar-refractivity contribution in [3.63, 3.8) is 0 Å². The highest BCUT2D eigenvalue weighted by Crippen LogP contribution is 2.41. The fourth-order valence-electron chi connectivity index (χ4n) is 2.09. The van der Waals surface area contributed by atoms with E-state index in [9.17, 15) is 10.1 Å². The van der Waals surface area contributed by atoms with Crippen LogP contribution in [-0.2, 0) is 0 Å². The molecule has 0 unspecified atom stereocenters. The van der Waals surface area contributed by atoms with Gasteiger partial charge in [-0.05, 0) is 37.1 Å². The average Bonchev–Trinajstić information content (AvgIpc) is 2.94. The number of nitro groups is 1. The van der Waals surface area contributed by atoms with E-state index in [1.807, 2.05) is 33.8 Å². The molecule has 1 aromatic heterocycles. The van der Waals surface area contributed by atoms with E-state index in [1.54, 1.807) is 11.3 Å². The molecule has 4 nitrogen and oxygen atoms in total. The van der Waals surface area contributed by atoms with Crippen LogP contribution >= 0.6 is 34.7 Å². The fourth-order valence-corrected chi connectivity index (χ4v) is 4.53. The SMILES string of the molecule is CC.Cc1ccc2sc(Sc3c(C)cc([N+](=O)[O-])cc3Cl)nc2c1. The number of benzene rings is 2.